The van der Waals surface area contributed by atoms with Gasteiger partial charge in [0, 0.05) is 0 Å². The number of rotatable bonds is 1. The highest BCUT2D eigenvalue weighted by Gasteiger charge is 2.31. The molecule has 0 bridgehead atoms. The summed E-state index contributed by atoms with van der Waals surface area (Å²) in [6.07, 6.45) is -4.53. The first-order valence-electron chi connectivity index (χ1n) is 3.18. The normalized spacial score (nSPS) is 10.6. The van der Waals surface area contributed by atoms with Crippen LogP contribution in [0, 0.1) is 5.82 Å². The Labute approximate surface area is 83.0 Å². The van der Waals surface area contributed by atoms with E-state index in [-0.39, 0.29) is 12.4 Å². The van der Waals surface area contributed by atoms with Gasteiger partial charge in [0.25, 0.3) is 0 Å². The smallest absolute Gasteiger partial charge is 0.408 e. The van der Waals surface area contributed by atoms with Crippen LogP contribution in [0.2, 0.25) is 0 Å². The van der Waals surface area contributed by atoms with Crippen molar-refractivity contribution in [3.63, 3.8) is 0 Å². The molecule has 0 saturated heterocycles. The topological polar surface area (TPSA) is 35.2 Å². The third-order valence-corrected chi connectivity index (χ3v) is 1.39. The Morgan fingerprint density at radius 3 is 2.21 bits per heavy atom. The maximum atomic E-state index is 12.6. The Morgan fingerprint density at radius 2 is 1.79 bits per heavy atom. The quantitative estimate of drug-likeness (QED) is 0.595. The molecule has 14 heavy (non-hydrogen) atoms. The van der Waals surface area contributed by atoms with E-state index in [4.69, 9.17) is 0 Å². The summed E-state index contributed by atoms with van der Waals surface area (Å²) in [5.41, 5.74) is -1.01. The van der Waals surface area contributed by atoms with Gasteiger partial charge in [-0.05, 0) is 18.2 Å². The highest BCUT2D eigenvalue weighted by atomic mass is 35.5. The fourth-order valence-corrected chi connectivity index (χ4v) is 0.770. The summed E-state index contributed by atoms with van der Waals surface area (Å²) in [5.74, 6) is 2.99. The number of benzene rings is 1. The number of hydrogen-bond donors (Lipinski definition) is 1. The largest absolute Gasteiger partial charge is 0.416 e. The molecule has 80 valence electrons. The Balaban J connectivity index is 0.00000169. The zero-order valence-corrected chi connectivity index (χ0v) is 7.45. The van der Waals surface area contributed by atoms with Crippen LogP contribution in [0.3, 0.4) is 0 Å². The molecule has 0 fully saturated rings. The van der Waals surface area contributed by atoms with E-state index in [9.17, 15) is 17.6 Å². The SMILES string of the molecule is Cl.NOc1cc(C(F)(F)F)ccc1F. The van der Waals surface area contributed by atoms with Crippen LogP contribution in [0.15, 0.2) is 18.2 Å². The molecule has 0 spiro atoms. The van der Waals surface area contributed by atoms with Crippen molar-refractivity contribution in [3.8, 4) is 5.75 Å². The molecule has 0 unspecified atom stereocenters. The number of alkyl halides is 3. The molecule has 0 aliphatic heterocycles. The van der Waals surface area contributed by atoms with E-state index >= 15 is 0 Å². The van der Waals surface area contributed by atoms with Gasteiger partial charge in [-0.2, -0.15) is 19.1 Å². The van der Waals surface area contributed by atoms with Gasteiger partial charge < -0.3 is 4.84 Å². The molecule has 0 aromatic heterocycles. The summed E-state index contributed by atoms with van der Waals surface area (Å²) in [4.78, 5) is 3.91. The standard InChI is InChI=1S/C7H5F4NO.ClH/c8-5-2-1-4(7(9,10)11)3-6(5)13-12;/h1-3H,12H2;1H. The summed E-state index contributed by atoms with van der Waals surface area (Å²) >= 11 is 0. The van der Waals surface area contributed by atoms with E-state index in [1.54, 1.807) is 0 Å². The first-order chi connectivity index (χ1) is 5.95. The second kappa shape index (κ2) is 4.47. The fourth-order valence-electron chi connectivity index (χ4n) is 0.770. The van der Waals surface area contributed by atoms with Gasteiger partial charge in [0.1, 0.15) is 0 Å². The van der Waals surface area contributed by atoms with Gasteiger partial charge in [0.15, 0.2) is 11.6 Å². The van der Waals surface area contributed by atoms with Crippen molar-refractivity contribution in [1.82, 2.24) is 0 Å². The van der Waals surface area contributed by atoms with Crippen LogP contribution in [-0.4, -0.2) is 0 Å². The van der Waals surface area contributed by atoms with E-state index in [2.05, 4.69) is 10.7 Å². The second-order valence-electron chi connectivity index (χ2n) is 2.26. The zero-order valence-electron chi connectivity index (χ0n) is 6.64. The van der Waals surface area contributed by atoms with Crippen molar-refractivity contribution in [2.75, 3.05) is 0 Å². The second-order valence-corrected chi connectivity index (χ2v) is 2.26. The molecule has 1 aromatic rings. The van der Waals surface area contributed by atoms with Crippen LogP contribution in [0.5, 0.6) is 5.75 Å². The molecule has 2 N–H and O–H groups in total. The van der Waals surface area contributed by atoms with Gasteiger partial charge >= 0.3 is 6.18 Å². The lowest BCUT2D eigenvalue weighted by Gasteiger charge is -2.07. The maximum absolute atomic E-state index is 12.6. The summed E-state index contributed by atoms with van der Waals surface area (Å²) in [7, 11) is 0. The average molecular weight is 232 g/mol. The molecule has 7 heteroatoms. The average Bonchev–Trinajstić information content (AvgIpc) is 2.03. The lowest BCUT2D eigenvalue weighted by Crippen LogP contribution is -2.08. The highest BCUT2D eigenvalue weighted by Crippen LogP contribution is 2.32. The van der Waals surface area contributed by atoms with Crippen molar-refractivity contribution in [2.45, 2.75) is 6.18 Å². The van der Waals surface area contributed by atoms with Crippen LogP contribution < -0.4 is 10.7 Å². The van der Waals surface area contributed by atoms with E-state index in [0.717, 1.165) is 0 Å². The van der Waals surface area contributed by atoms with Crippen LogP contribution in [0.1, 0.15) is 5.56 Å². The van der Waals surface area contributed by atoms with Crippen LogP contribution >= 0.6 is 12.4 Å². The first-order valence-corrected chi connectivity index (χ1v) is 3.18. The van der Waals surface area contributed by atoms with Crippen molar-refractivity contribution >= 4 is 12.4 Å². The Kier molecular flexibility index (Phi) is 4.15. The lowest BCUT2D eigenvalue weighted by molar-refractivity contribution is -0.137. The molecule has 0 aliphatic rings. The van der Waals surface area contributed by atoms with Gasteiger partial charge in [0.2, 0.25) is 0 Å². The van der Waals surface area contributed by atoms with Crippen molar-refractivity contribution in [3.05, 3.63) is 29.6 Å². The van der Waals surface area contributed by atoms with Crippen molar-refractivity contribution < 1.29 is 22.4 Å². The molecule has 0 saturated carbocycles. The number of halogens is 5. The molecule has 0 aliphatic carbocycles. The van der Waals surface area contributed by atoms with Crippen LogP contribution in [0.4, 0.5) is 17.6 Å². The molecule has 0 amide bonds. The van der Waals surface area contributed by atoms with Crippen LogP contribution in [0.25, 0.3) is 0 Å². The maximum Gasteiger partial charge on any atom is 0.416 e. The third-order valence-electron chi connectivity index (χ3n) is 1.39. The van der Waals surface area contributed by atoms with E-state index in [1.165, 1.54) is 0 Å². The minimum atomic E-state index is -4.53. The predicted molar refractivity (Wildman–Crippen MR) is 43.5 cm³/mol. The predicted octanol–water partition coefficient (Wildman–Crippen LogP) is 2.52. The van der Waals surface area contributed by atoms with Gasteiger partial charge in [-0.1, -0.05) is 0 Å². The third kappa shape index (κ3) is 2.74. The fraction of sp³-hybridized carbons (Fsp3) is 0.143. The molecule has 1 rings (SSSR count). The molecule has 2 nitrogen and oxygen atoms in total. The summed E-state index contributed by atoms with van der Waals surface area (Å²) in [6.45, 7) is 0. The highest BCUT2D eigenvalue weighted by molar-refractivity contribution is 5.85. The summed E-state index contributed by atoms with van der Waals surface area (Å²) in [6, 6.07) is 1.75. The monoisotopic (exact) mass is 231 g/mol. The Morgan fingerprint density at radius 1 is 1.21 bits per heavy atom. The first kappa shape index (κ1) is 13.0. The summed E-state index contributed by atoms with van der Waals surface area (Å²) in [5, 5.41) is 0. The minimum absolute atomic E-state index is 0. The van der Waals surface area contributed by atoms with Gasteiger partial charge in [0.05, 0.1) is 5.56 Å². The number of nitrogens with two attached hydrogens (primary N) is 1. The Bertz CT molecular complexity index is 315. The number of hydrogen-bond acceptors (Lipinski definition) is 2. The molecular weight excluding hydrogens is 226 g/mol. The van der Waals surface area contributed by atoms with Crippen molar-refractivity contribution in [2.24, 2.45) is 5.90 Å². The molecular formula is C7H6ClF4NO. The molecule has 0 atom stereocenters. The van der Waals surface area contributed by atoms with Crippen molar-refractivity contribution in [1.29, 1.82) is 0 Å². The van der Waals surface area contributed by atoms with Gasteiger partial charge in [-0.3, -0.25) is 0 Å². The Hall–Kier alpha value is -1.01. The van der Waals surface area contributed by atoms with Crippen LogP contribution in [-0.2, 0) is 6.18 Å². The lowest BCUT2D eigenvalue weighted by atomic mass is 10.2. The molecule has 1 aromatic carbocycles. The van der Waals surface area contributed by atoms with Gasteiger partial charge in [-0.25, -0.2) is 4.39 Å². The van der Waals surface area contributed by atoms with E-state index < -0.39 is 23.3 Å². The van der Waals surface area contributed by atoms with E-state index in [1.807, 2.05) is 0 Å². The minimum Gasteiger partial charge on any atom is -0.408 e. The van der Waals surface area contributed by atoms with Gasteiger partial charge in [-0.15, -0.1) is 12.4 Å². The van der Waals surface area contributed by atoms with E-state index in [0.29, 0.717) is 18.2 Å². The molecule has 0 heterocycles. The summed E-state index contributed by atoms with van der Waals surface area (Å²) < 4.78 is 48.6. The molecule has 0 radical (unpaired) electrons. The zero-order chi connectivity index (χ0) is 10.1.